The molecule has 0 atom stereocenters. The number of benzene rings is 3. The van der Waals surface area contributed by atoms with E-state index in [4.69, 9.17) is 16.6 Å². The molecule has 1 fully saturated rings. The Kier molecular flexibility index (Phi) is 5.89. The largest absolute Gasteiger partial charge is 0.322 e. The lowest BCUT2D eigenvalue weighted by Gasteiger charge is -2.14. The number of nitrogens with zero attached hydrogens (tertiary/aromatic N) is 2. The van der Waals surface area contributed by atoms with Crippen LogP contribution in [0, 0.1) is 0 Å². The van der Waals surface area contributed by atoms with E-state index in [-0.39, 0.29) is 5.91 Å². The van der Waals surface area contributed by atoms with Crippen molar-refractivity contribution in [2.45, 2.75) is 19.4 Å². The van der Waals surface area contributed by atoms with Crippen molar-refractivity contribution in [1.82, 2.24) is 9.88 Å². The molecule has 4 aromatic rings. The van der Waals surface area contributed by atoms with Crippen LogP contribution in [0.3, 0.4) is 0 Å². The molecule has 1 aliphatic heterocycles. The maximum Gasteiger partial charge on any atom is 0.255 e. The molecule has 32 heavy (non-hydrogen) atoms. The van der Waals surface area contributed by atoms with Crippen LogP contribution in [0.4, 0.5) is 5.69 Å². The van der Waals surface area contributed by atoms with Gasteiger partial charge >= 0.3 is 0 Å². The molecule has 160 valence electrons. The van der Waals surface area contributed by atoms with E-state index in [1.165, 1.54) is 12.8 Å². The molecule has 5 heteroatoms. The number of nitrogens with one attached hydrogen (secondary N) is 1. The molecule has 1 N–H and O–H groups in total. The van der Waals surface area contributed by atoms with Gasteiger partial charge in [0, 0.05) is 28.2 Å². The number of halogens is 1. The summed E-state index contributed by atoms with van der Waals surface area (Å²) in [6, 6.07) is 25.3. The first kappa shape index (κ1) is 20.7. The highest BCUT2D eigenvalue weighted by atomic mass is 35.5. The fourth-order valence-corrected chi connectivity index (χ4v) is 4.29. The van der Waals surface area contributed by atoms with Gasteiger partial charge in [-0.1, -0.05) is 41.9 Å². The molecule has 1 aromatic heterocycles. The second-order valence-electron chi connectivity index (χ2n) is 8.23. The van der Waals surface area contributed by atoms with Crippen molar-refractivity contribution >= 4 is 34.1 Å². The molecule has 4 nitrogen and oxygen atoms in total. The maximum atomic E-state index is 12.7. The van der Waals surface area contributed by atoms with Crippen LogP contribution < -0.4 is 5.32 Å². The molecule has 1 aliphatic rings. The summed E-state index contributed by atoms with van der Waals surface area (Å²) in [5.41, 5.74) is 5.52. The number of amides is 1. The number of aromatic nitrogens is 1. The Labute approximate surface area is 192 Å². The highest BCUT2D eigenvalue weighted by Crippen LogP contribution is 2.23. The number of carbonyl (C=O) groups is 1. The van der Waals surface area contributed by atoms with E-state index in [0.29, 0.717) is 10.6 Å². The van der Waals surface area contributed by atoms with Gasteiger partial charge in [0.15, 0.2) is 0 Å². The summed E-state index contributed by atoms with van der Waals surface area (Å²) >= 11 is 5.96. The standard InChI is InChI=1S/C27H24ClN3O/c28-23-10-7-20(8-11-23)19-3-5-21(6-4-19)27(32)30-24-13-14-26-22(17-24)9-12-25(29-26)18-31-15-1-2-16-31/h3-14,17H,1-2,15-16,18H2,(H,30,32). The Bertz CT molecular complexity index is 1250. The number of fused-ring (bicyclic) bond motifs is 1. The van der Waals surface area contributed by atoms with Crippen molar-refractivity contribution < 1.29 is 4.79 Å². The zero-order valence-electron chi connectivity index (χ0n) is 17.7. The van der Waals surface area contributed by atoms with Crippen LogP contribution in [-0.4, -0.2) is 28.9 Å². The van der Waals surface area contributed by atoms with Crippen molar-refractivity contribution in [2.24, 2.45) is 0 Å². The third-order valence-electron chi connectivity index (χ3n) is 5.91. The normalized spacial score (nSPS) is 14.0. The number of anilines is 1. The van der Waals surface area contributed by atoms with Gasteiger partial charge in [-0.05, 0) is 85.6 Å². The minimum atomic E-state index is -0.134. The van der Waals surface area contributed by atoms with Gasteiger partial charge in [0.1, 0.15) is 0 Å². The Morgan fingerprint density at radius 1 is 0.875 bits per heavy atom. The summed E-state index contributed by atoms with van der Waals surface area (Å²) in [7, 11) is 0. The lowest BCUT2D eigenvalue weighted by atomic mass is 10.0. The molecule has 0 bridgehead atoms. The number of hydrogen-bond donors (Lipinski definition) is 1. The van der Waals surface area contributed by atoms with Gasteiger partial charge < -0.3 is 5.32 Å². The zero-order valence-corrected chi connectivity index (χ0v) is 18.5. The summed E-state index contributed by atoms with van der Waals surface area (Å²) in [6.45, 7) is 3.22. The Morgan fingerprint density at radius 2 is 1.56 bits per heavy atom. The van der Waals surface area contributed by atoms with E-state index in [0.717, 1.165) is 53.0 Å². The van der Waals surface area contributed by atoms with Crippen LogP contribution in [0.1, 0.15) is 28.9 Å². The van der Waals surface area contributed by atoms with E-state index >= 15 is 0 Å². The molecule has 1 saturated heterocycles. The number of rotatable bonds is 5. The second-order valence-corrected chi connectivity index (χ2v) is 8.67. The first-order valence-corrected chi connectivity index (χ1v) is 11.3. The topological polar surface area (TPSA) is 45.2 Å². The Balaban J connectivity index is 1.28. The minimum absolute atomic E-state index is 0.134. The fourth-order valence-electron chi connectivity index (χ4n) is 4.16. The smallest absolute Gasteiger partial charge is 0.255 e. The van der Waals surface area contributed by atoms with Crippen molar-refractivity contribution in [2.75, 3.05) is 18.4 Å². The van der Waals surface area contributed by atoms with E-state index in [9.17, 15) is 4.79 Å². The van der Waals surface area contributed by atoms with E-state index in [2.05, 4.69) is 22.3 Å². The summed E-state index contributed by atoms with van der Waals surface area (Å²) in [4.78, 5) is 20.0. The lowest BCUT2D eigenvalue weighted by molar-refractivity contribution is 0.102. The lowest BCUT2D eigenvalue weighted by Crippen LogP contribution is -2.19. The van der Waals surface area contributed by atoms with Crippen LogP contribution in [0.25, 0.3) is 22.0 Å². The molecule has 0 saturated carbocycles. The average Bonchev–Trinajstić information content (AvgIpc) is 3.33. The van der Waals surface area contributed by atoms with E-state index in [1.54, 1.807) is 0 Å². The molecule has 0 spiro atoms. The minimum Gasteiger partial charge on any atom is -0.322 e. The van der Waals surface area contributed by atoms with E-state index < -0.39 is 0 Å². The highest BCUT2D eigenvalue weighted by Gasteiger charge is 2.13. The van der Waals surface area contributed by atoms with Gasteiger partial charge in [-0.15, -0.1) is 0 Å². The van der Waals surface area contributed by atoms with E-state index in [1.807, 2.05) is 66.7 Å². The van der Waals surface area contributed by atoms with Crippen LogP contribution in [-0.2, 0) is 6.54 Å². The summed E-state index contributed by atoms with van der Waals surface area (Å²) in [5, 5.41) is 4.72. The van der Waals surface area contributed by atoms with Gasteiger partial charge in [0.05, 0.1) is 11.2 Å². The molecule has 0 aliphatic carbocycles. The summed E-state index contributed by atoms with van der Waals surface area (Å²) in [5.74, 6) is -0.134. The van der Waals surface area contributed by atoms with Crippen LogP contribution in [0.5, 0.6) is 0 Å². The first-order valence-electron chi connectivity index (χ1n) is 10.9. The van der Waals surface area contributed by atoms with Crippen molar-refractivity contribution in [3.05, 3.63) is 95.1 Å². The average molecular weight is 442 g/mol. The monoisotopic (exact) mass is 441 g/mol. The maximum absolute atomic E-state index is 12.7. The summed E-state index contributed by atoms with van der Waals surface area (Å²) < 4.78 is 0. The molecule has 3 aromatic carbocycles. The van der Waals surface area contributed by atoms with Crippen LogP contribution in [0.15, 0.2) is 78.9 Å². The van der Waals surface area contributed by atoms with Crippen molar-refractivity contribution in [3.63, 3.8) is 0 Å². The molecular weight excluding hydrogens is 418 g/mol. The van der Waals surface area contributed by atoms with Gasteiger partial charge in [0.2, 0.25) is 0 Å². The zero-order chi connectivity index (χ0) is 21.9. The first-order chi connectivity index (χ1) is 15.6. The highest BCUT2D eigenvalue weighted by molar-refractivity contribution is 6.30. The Hall–Kier alpha value is -3.21. The third-order valence-corrected chi connectivity index (χ3v) is 6.17. The molecule has 2 heterocycles. The van der Waals surface area contributed by atoms with Gasteiger partial charge in [-0.25, -0.2) is 0 Å². The molecule has 0 unspecified atom stereocenters. The van der Waals surface area contributed by atoms with Gasteiger partial charge in [0.25, 0.3) is 5.91 Å². The predicted molar refractivity (Wildman–Crippen MR) is 131 cm³/mol. The van der Waals surface area contributed by atoms with Crippen LogP contribution in [0.2, 0.25) is 5.02 Å². The molecular formula is C27H24ClN3O. The molecule has 0 radical (unpaired) electrons. The van der Waals surface area contributed by atoms with Crippen LogP contribution >= 0.6 is 11.6 Å². The second kappa shape index (κ2) is 9.11. The predicted octanol–water partition coefficient (Wildman–Crippen LogP) is 6.40. The Morgan fingerprint density at radius 3 is 2.28 bits per heavy atom. The number of hydrogen-bond acceptors (Lipinski definition) is 3. The fraction of sp³-hybridized carbons (Fsp3) is 0.185. The number of likely N-dealkylation sites (tertiary alicyclic amines) is 1. The van der Waals surface area contributed by atoms with Crippen molar-refractivity contribution in [1.29, 1.82) is 0 Å². The van der Waals surface area contributed by atoms with Gasteiger partial charge in [-0.3, -0.25) is 14.7 Å². The summed E-state index contributed by atoms with van der Waals surface area (Å²) in [6.07, 6.45) is 2.56. The number of carbonyl (C=O) groups excluding carboxylic acids is 1. The SMILES string of the molecule is O=C(Nc1ccc2nc(CN3CCCC3)ccc2c1)c1ccc(-c2ccc(Cl)cc2)cc1. The quantitative estimate of drug-likeness (QED) is 0.389. The van der Waals surface area contributed by atoms with Gasteiger partial charge in [-0.2, -0.15) is 0 Å². The molecule has 5 rings (SSSR count). The number of pyridine rings is 1. The van der Waals surface area contributed by atoms with Crippen molar-refractivity contribution in [3.8, 4) is 11.1 Å². The third kappa shape index (κ3) is 4.67. The molecule has 1 amide bonds.